The van der Waals surface area contributed by atoms with Crippen LogP contribution < -0.4 is 14.8 Å². The first-order chi connectivity index (χ1) is 15.4. The number of benzene rings is 2. The molecule has 0 fully saturated rings. The van der Waals surface area contributed by atoms with Crippen molar-refractivity contribution in [3.63, 3.8) is 0 Å². The van der Waals surface area contributed by atoms with E-state index in [1.807, 2.05) is 30.3 Å². The number of nitrogens with zero attached hydrogens (tertiary/aromatic N) is 2. The molecule has 2 heterocycles. The highest BCUT2D eigenvalue weighted by Gasteiger charge is 2.26. The smallest absolute Gasteiger partial charge is 0.343 e. The number of ether oxygens (including phenoxy) is 3. The topological polar surface area (TPSA) is 91.7 Å². The number of rotatable bonds is 6. The lowest BCUT2D eigenvalue weighted by molar-refractivity contribution is -0.123. The molecule has 166 valence electrons. The highest BCUT2D eigenvalue weighted by Crippen LogP contribution is 2.32. The average molecular weight is 456 g/mol. The standard InChI is InChI=1S/C23H22ClN3O5/c1-14-20(21(24)27(26-14)13-16-6-4-3-5-7-16)23(29)32-15(2)22(28)25-17-8-9-18-19(12-17)31-11-10-30-18/h3-9,12,15H,10-11,13H2,1-2H3,(H,25,28)/t15-/m0/s1. The third-order valence-corrected chi connectivity index (χ3v) is 5.29. The normalized spacial score (nSPS) is 13.3. The van der Waals surface area contributed by atoms with Crippen molar-refractivity contribution in [3.8, 4) is 11.5 Å². The fourth-order valence-corrected chi connectivity index (χ4v) is 3.60. The Morgan fingerprint density at radius 3 is 2.62 bits per heavy atom. The number of carbonyl (C=O) groups is 2. The molecule has 0 unspecified atom stereocenters. The molecule has 1 amide bonds. The number of amides is 1. The Morgan fingerprint density at radius 2 is 1.88 bits per heavy atom. The van der Waals surface area contributed by atoms with Crippen LogP contribution in [0, 0.1) is 6.92 Å². The first-order valence-electron chi connectivity index (χ1n) is 10.1. The van der Waals surface area contributed by atoms with E-state index >= 15 is 0 Å². The van der Waals surface area contributed by atoms with E-state index in [0.29, 0.717) is 42.6 Å². The van der Waals surface area contributed by atoms with Crippen LogP contribution in [0.5, 0.6) is 11.5 Å². The largest absolute Gasteiger partial charge is 0.486 e. The zero-order valence-corrected chi connectivity index (χ0v) is 18.4. The number of aryl methyl sites for hydroxylation is 1. The van der Waals surface area contributed by atoms with Gasteiger partial charge in [-0.15, -0.1) is 0 Å². The molecule has 1 aromatic heterocycles. The SMILES string of the molecule is Cc1nn(Cc2ccccc2)c(Cl)c1C(=O)O[C@@H](C)C(=O)Nc1ccc2c(c1)OCCO2. The Bertz CT molecular complexity index is 1150. The molecular weight excluding hydrogens is 434 g/mol. The maximum absolute atomic E-state index is 12.7. The van der Waals surface area contributed by atoms with E-state index in [1.165, 1.54) is 11.6 Å². The van der Waals surface area contributed by atoms with Gasteiger partial charge < -0.3 is 19.5 Å². The van der Waals surface area contributed by atoms with Crippen LogP contribution in [0.2, 0.25) is 5.15 Å². The van der Waals surface area contributed by atoms with Crippen molar-refractivity contribution in [1.29, 1.82) is 0 Å². The fourth-order valence-electron chi connectivity index (χ4n) is 3.28. The number of hydrogen-bond donors (Lipinski definition) is 1. The molecule has 1 N–H and O–H groups in total. The van der Waals surface area contributed by atoms with Crippen molar-refractivity contribution in [1.82, 2.24) is 9.78 Å². The second-order valence-corrected chi connectivity index (χ2v) is 7.65. The maximum atomic E-state index is 12.7. The lowest BCUT2D eigenvalue weighted by Gasteiger charge is -2.19. The highest BCUT2D eigenvalue weighted by molar-refractivity contribution is 6.32. The van der Waals surface area contributed by atoms with Crippen molar-refractivity contribution in [2.24, 2.45) is 0 Å². The van der Waals surface area contributed by atoms with Gasteiger partial charge in [-0.1, -0.05) is 41.9 Å². The molecule has 0 saturated heterocycles. The van der Waals surface area contributed by atoms with Crippen LogP contribution >= 0.6 is 11.6 Å². The Hall–Kier alpha value is -3.52. The second kappa shape index (κ2) is 9.32. The van der Waals surface area contributed by atoms with Gasteiger partial charge in [-0.25, -0.2) is 9.48 Å². The Morgan fingerprint density at radius 1 is 1.16 bits per heavy atom. The number of fused-ring (bicyclic) bond motifs is 1. The minimum absolute atomic E-state index is 0.140. The van der Waals surface area contributed by atoms with Crippen molar-refractivity contribution >= 4 is 29.2 Å². The number of hydrogen-bond acceptors (Lipinski definition) is 6. The van der Waals surface area contributed by atoms with Crippen LogP contribution in [-0.2, 0) is 16.1 Å². The summed E-state index contributed by atoms with van der Waals surface area (Å²) >= 11 is 6.41. The summed E-state index contributed by atoms with van der Waals surface area (Å²) in [6.45, 7) is 4.49. The van der Waals surface area contributed by atoms with E-state index in [2.05, 4.69) is 10.4 Å². The summed E-state index contributed by atoms with van der Waals surface area (Å²) in [6, 6.07) is 14.7. The molecule has 0 radical (unpaired) electrons. The lowest BCUT2D eigenvalue weighted by atomic mass is 10.2. The van der Waals surface area contributed by atoms with Gasteiger partial charge in [0.05, 0.1) is 12.2 Å². The molecule has 1 aliphatic heterocycles. The quantitative estimate of drug-likeness (QED) is 0.568. The number of nitrogens with one attached hydrogen (secondary N) is 1. The molecule has 1 atom stereocenters. The van der Waals surface area contributed by atoms with Crippen molar-refractivity contribution in [2.75, 3.05) is 18.5 Å². The summed E-state index contributed by atoms with van der Waals surface area (Å²) in [7, 11) is 0. The third-order valence-electron chi connectivity index (χ3n) is 4.91. The molecule has 2 aromatic carbocycles. The van der Waals surface area contributed by atoms with Crippen LogP contribution in [0.3, 0.4) is 0 Å². The molecule has 0 bridgehead atoms. The number of carbonyl (C=O) groups excluding carboxylic acids is 2. The van der Waals surface area contributed by atoms with Gasteiger partial charge in [-0.05, 0) is 31.5 Å². The first-order valence-corrected chi connectivity index (χ1v) is 10.5. The van der Waals surface area contributed by atoms with Gasteiger partial charge in [0.15, 0.2) is 17.6 Å². The molecule has 3 aromatic rings. The number of esters is 1. The third kappa shape index (κ3) is 4.70. The number of halogens is 1. The molecule has 0 saturated carbocycles. The summed E-state index contributed by atoms with van der Waals surface area (Å²) in [4.78, 5) is 25.3. The Balaban J connectivity index is 1.41. The molecule has 4 rings (SSSR count). The summed E-state index contributed by atoms with van der Waals surface area (Å²) in [5.41, 5.74) is 2.06. The van der Waals surface area contributed by atoms with Gasteiger partial charge in [-0.3, -0.25) is 4.79 Å². The molecule has 9 heteroatoms. The van der Waals surface area contributed by atoms with Gasteiger partial charge >= 0.3 is 5.97 Å². The van der Waals surface area contributed by atoms with Crippen molar-refractivity contribution < 1.29 is 23.8 Å². The molecule has 32 heavy (non-hydrogen) atoms. The summed E-state index contributed by atoms with van der Waals surface area (Å²) in [5.74, 6) is -0.0320. The van der Waals surface area contributed by atoms with Gasteiger partial charge in [-0.2, -0.15) is 5.10 Å². The number of aromatic nitrogens is 2. The minimum Gasteiger partial charge on any atom is -0.486 e. The number of anilines is 1. The van der Waals surface area contributed by atoms with E-state index in [-0.39, 0.29) is 10.7 Å². The lowest BCUT2D eigenvalue weighted by Crippen LogP contribution is -2.30. The molecule has 8 nitrogen and oxygen atoms in total. The highest BCUT2D eigenvalue weighted by atomic mass is 35.5. The van der Waals surface area contributed by atoms with Gasteiger partial charge in [0.25, 0.3) is 5.91 Å². The molecule has 0 spiro atoms. The van der Waals surface area contributed by atoms with E-state index in [9.17, 15) is 9.59 Å². The zero-order valence-electron chi connectivity index (χ0n) is 17.6. The van der Waals surface area contributed by atoms with Crippen molar-refractivity contribution in [2.45, 2.75) is 26.5 Å². The Labute approximate surface area is 190 Å². The fraction of sp³-hybridized carbons (Fsp3) is 0.261. The zero-order chi connectivity index (χ0) is 22.7. The maximum Gasteiger partial charge on any atom is 0.343 e. The second-order valence-electron chi connectivity index (χ2n) is 7.29. The van der Waals surface area contributed by atoms with E-state index < -0.39 is 18.0 Å². The van der Waals surface area contributed by atoms with Gasteiger partial charge in [0, 0.05) is 11.8 Å². The van der Waals surface area contributed by atoms with E-state index in [4.69, 9.17) is 25.8 Å². The van der Waals surface area contributed by atoms with Crippen LogP contribution in [0.4, 0.5) is 5.69 Å². The summed E-state index contributed by atoms with van der Waals surface area (Å²) in [5, 5.41) is 7.22. The predicted molar refractivity (Wildman–Crippen MR) is 118 cm³/mol. The van der Waals surface area contributed by atoms with Gasteiger partial charge in [0.2, 0.25) is 0 Å². The predicted octanol–water partition coefficient (Wildman–Crippen LogP) is 3.85. The summed E-state index contributed by atoms with van der Waals surface area (Å²) < 4.78 is 17.9. The van der Waals surface area contributed by atoms with Crippen LogP contribution in [-0.4, -0.2) is 41.0 Å². The van der Waals surface area contributed by atoms with Crippen LogP contribution in [0.1, 0.15) is 28.5 Å². The van der Waals surface area contributed by atoms with Crippen LogP contribution in [0.15, 0.2) is 48.5 Å². The first kappa shape index (κ1) is 21.7. The molecular formula is C23H22ClN3O5. The average Bonchev–Trinajstić information content (AvgIpc) is 3.07. The molecule has 0 aliphatic carbocycles. The van der Waals surface area contributed by atoms with Crippen LogP contribution in [0.25, 0.3) is 0 Å². The molecule has 1 aliphatic rings. The summed E-state index contributed by atoms with van der Waals surface area (Å²) in [6.07, 6.45) is -1.05. The minimum atomic E-state index is -1.05. The van der Waals surface area contributed by atoms with Crippen molar-refractivity contribution in [3.05, 3.63) is 70.5 Å². The van der Waals surface area contributed by atoms with E-state index in [1.54, 1.807) is 25.1 Å². The van der Waals surface area contributed by atoms with E-state index in [0.717, 1.165) is 5.56 Å². The Kier molecular flexibility index (Phi) is 6.32. The van der Waals surface area contributed by atoms with Gasteiger partial charge in [0.1, 0.15) is 23.9 Å². The monoisotopic (exact) mass is 455 g/mol.